The molecule has 23 heavy (non-hydrogen) atoms. The van der Waals surface area contributed by atoms with E-state index in [4.69, 9.17) is 0 Å². The number of carbonyl (C=O) groups excluding carboxylic acids is 1. The Kier molecular flexibility index (Phi) is 7.85. The number of rotatable bonds is 6. The Balaban J connectivity index is 0.00000264. The first-order valence-electron chi connectivity index (χ1n) is 7.65. The van der Waals surface area contributed by atoms with Gasteiger partial charge in [0.05, 0.1) is 11.1 Å². The summed E-state index contributed by atoms with van der Waals surface area (Å²) in [6.07, 6.45) is -0.308. The van der Waals surface area contributed by atoms with E-state index in [0.717, 1.165) is 38.5 Å². The predicted molar refractivity (Wildman–Crippen MR) is 85.9 cm³/mol. The van der Waals surface area contributed by atoms with E-state index in [-0.39, 0.29) is 18.0 Å². The number of alkyl halides is 3. The highest BCUT2D eigenvalue weighted by atomic mass is 35.5. The molecule has 0 aromatic heterocycles. The first kappa shape index (κ1) is 19.8. The molecule has 0 unspecified atom stereocenters. The van der Waals surface area contributed by atoms with E-state index in [2.05, 4.69) is 10.2 Å². The Morgan fingerprint density at radius 2 is 1.78 bits per heavy atom. The minimum absolute atomic E-state index is 0. The van der Waals surface area contributed by atoms with Gasteiger partial charge in [-0.25, -0.2) is 0 Å². The van der Waals surface area contributed by atoms with Crippen LogP contribution >= 0.6 is 12.4 Å². The van der Waals surface area contributed by atoms with Gasteiger partial charge in [-0.15, -0.1) is 12.4 Å². The lowest BCUT2D eigenvalue weighted by Gasteiger charge is -2.15. The molecular formula is C16H22ClF3N2O. The van der Waals surface area contributed by atoms with E-state index < -0.39 is 17.6 Å². The van der Waals surface area contributed by atoms with Crippen LogP contribution in [0.4, 0.5) is 13.2 Å². The normalized spacial score (nSPS) is 15.3. The number of likely N-dealkylation sites (tertiary alicyclic amines) is 1. The molecule has 1 aromatic carbocycles. The maximum atomic E-state index is 12.8. The van der Waals surface area contributed by atoms with Gasteiger partial charge in [0.15, 0.2) is 0 Å². The molecule has 7 heteroatoms. The topological polar surface area (TPSA) is 32.3 Å². The quantitative estimate of drug-likeness (QED) is 0.793. The van der Waals surface area contributed by atoms with Gasteiger partial charge in [-0.1, -0.05) is 12.1 Å². The van der Waals surface area contributed by atoms with Crippen molar-refractivity contribution in [2.45, 2.75) is 31.9 Å². The van der Waals surface area contributed by atoms with Crippen molar-refractivity contribution in [1.29, 1.82) is 0 Å². The molecule has 0 saturated carbocycles. The number of hydrogen-bond acceptors (Lipinski definition) is 2. The minimum atomic E-state index is -4.51. The van der Waals surface area contributed by atoms with Gasteiger partial charge in [-0.2, -0.15) is 13.2 Å². The van der Waals surface area contributed by atoms with E-state index in [1.54, 1.807) is 0 Å². The highest BCUT2D eigenvalue weighted by Gasteiger charge is 2.34. The SMILES string of the molecule is Cl.O=C(NCCCCN1CCCC1)c1ccccc1C(F)(F)F. The fraction of sp³-hybridized carbons (Fsp3) is 0.562. The molecule has 0 aliphatic carbocycles. The predicted octanol–water partition coefficient (Wildman–Crippen LogP) is 3.73. The Bertz CT molecular complexity index is 502. The monoisotopic (exact) mass is 350 g/mol. The summed E-state index contributed by atoms with van der Waals surface area (Å²) in [5, 5.41) is 2.58. The second kappa shape index (κ2) is 9.13. The smallest absolute Gasteiger partial charge is 0.352 e. The van der Waals surface area contributed by atoms with Crippen LogP contribution in [-0.2, 0) is 6.18 Å². The van der Waals surface area contributed by atoms with Gasteiger partial charge in [0.25, 0.3) is 5.91 Å². The molecule has 0 bridgehead atoms. The number of hydrogen-bond donors (Lipinski definition) is 1. The third kappa shape index (κ3) is 6.03. The fourth-order valence-corrected chi connectivity index (χ4v) is 2.69. The molecule has 1 aliphatic rings. The van der Waals surface area contributed by atoms with Gasteiger partial charge < -0.3 is 10.2 Å². The maximum absolute atomic E-state index is 12.8. The number of nitrogens with zero attached hydrogens (tertiary/aromatic N) is 1. The number of benzene rings is 1. The summed E-state index contributed by atoms with van der Waals surface area (Å²) in [5.74, 6) is -0.658. The summed E-state index contributed by atoms with van der Waals surface area (Å²) >= 11 is 0. The number of halogens is 4. The van der Waals surface area contributed by atoms with Crippen molar-refractivity contribution >= 4 is 18.3 Å². The molecule has 0 atom stereocenters. The molecule has 1 amide bonds. The molecule has 1 aromatic rings. The molecule has 2 rings (SSSR count). The van der Waals surface area contributed by atoms with Crippen LogP contribution in [0.15, 0.2) is 24.3 Å². The standard InChI is InChI=1S/C16H21F3N2O.ClH/c17-16(18,19)14-8-2-1-7-13(14)15(22)20-9-3-4-10-21-11-5-6-12-21;/h1-2,7-8H,3-6,9-12H2,(H,20,22);1H. The zero-order chi connectivity index (χ0) is 16.0. The second-order valence-corrected chi connectivity index (χ2v) is 5.56. The number of unbranched alkanes of at least 4 members (excludes halogenated alkanes) is 1. The van der Waals surface area contributed by atoms with Crippen molar-refractivity contribution in [3.63, 3.8) is 0 Å². The van der Waals surface area contributed by atoms with E-state index >= 15 is 0 Å². The van der Waals surface area contributed by atoms with Crippen LogP contribution < -0.4 is 5.32 Å². The summed E-state index contributed by atoms with van der Waals surface area (Å²) in [6, 6.07) is 4.87. The van der Waals surface area contributed by atoms with Crippen LogP contribution in [-0.4, -0.2) is 37.0 Å². The molecule has 1 fully saturated rings. The summed E-state index contributed by atoms with van der Waals surface area (Å²) in [5.41, 5.74) is -1.20. The maximum Gasteiger partial charge on any atom is 0.417 e. The van der Waals surface area contributed by atoms with Crippen LogP contribution in [0.3, 0.4) is 0 Å². The van der Waals surface area contributed by atoms with Gasteiger partial charge in [-0.3, -0.25) is 4.79 Å². The first-order chi connectivity index (χ1) is 10.5. The second-order valence-electron chi connectivity index (χ2n) is 5.56. The van der Waals surface area contributed by atoms with Gasteiger partial charge in [0, 0.05) is 6.54 Å². The largest absolute Gasteiger partial charge is 0.417 e. The van der Waals surface area contributed by atoms with Gasteiger partial charge in [0.2, 0.25) is 0 Å². The molecule has 0 spiro atoms. The van der Waals surface area contributed by atoms with Gasteiger partial charge in [-0.05, 0) is 57.5 Å². The Morgan fingerprint density at radius 1 is 1.13 bits per heavy atom. The molecule has 1 saturated heterocycles. The first-order valence-corrected chi connectivity index (χ1v) is 7.65. The van der Waals surface area contributed by atoms with E-state index in [1.807, 2.05) is 0 Å². The van der Waals surface area contributed by atoms with Crippen LogP contribution in [0, 0.1) is 0 Å². The molecule has 1 heterocycles. The fourth-order valence-electron chi connectivity index (χ4n) is 2.69. The average molecular weight is 351 g/mol. The average Bonchev–Trinajstić information content (AvgIpc) is 2.99. The summed E-state index contributed by atoms with van der Waals surface area (Å²) in [4.78, 5) is 14.3. The van der Waals surface area contributed by atoms with Crippen LogP contribution in [0.5, 0.6) is 0 Å². The van der Waals surface area contributed by atoms with E-state index in [1.165, 1.54) is 31.0 Å². The van der Waals surface area contributed by atoms with Crippen molar-refractivity contribution in [2.75, 3.05) is 26.2 Å². The molecule has 3 nitrogen and oxygen atoms in total. The van der Waals surface area contributed by atoms with Crippen LogP contribution in [0.1, 0.15) is 41.6 Å². The molecule has 0 radical (unpaired) electrons. The molecular weight excluding hydrogens is 329 g/mol. The highest BCUT2D eigenvalue weighted by molar-refractivity contribution is 5.95. The zero-order valence-corrected chi connectivity index (χ0v) is 13.7. The molecule has 1 aliphatic heterocycles. The van der Waals surface area contributed by atoms with Crippen LogP contribution in [0.25, 0.3) is 0 Å². The third-order valence-electron chi connectivity index (χ3n) is 3.86. The summed E-state index contributed by atoms with van der Waals surface area (Å²) in [6.45, 7) is 3.66. The van der Waals surface area contributed by atoms with Gasteiger partial charge >= 0.3 is 6.18 Å². The highest BCUT2D eigenvalue weighted by Crippen LogP contribution is 2.31. The van der Waals surface area contributed by atoms with Crippen molar-refractivity contribution in [2.24, 2.45) is 0 Å². The van der Waals surface area contributed by atoms with E-state index in [0.29, 0.717) is 6.54 Å². The zero-order valence-electron chi connectivity index (χ0n) is 12.9. The van der Waals surface area contributed by atoms with Crippen LogP contribution in [0.2, 0.25) is 0 Å². The lowest BCUT2D eigenvalue weighted by Crippen LogP contribution is -2.28. The van der Waals surface area contributed by atoms with Crippen molar-refractivity contribution < 1.29 is 18.0 Å². The Morgan fingerprint density at radius 3 is 2.43 bits per heavy atom. The Labute approximate surface area is 140 Å². The summed E-state index contributed by atoms with van der Waals surface area (Å²) in [7, 11) is 0. The van der Waals surface area contributed by atoms with Crippen molar-refractivity contribution in [3.8, 4) is 0 Å². The lowest BCUT2D eigenvalue weighted by molar-refractivity contribution is -0.137. The van der Waals surface area contributed by atoms with Crippen molar-refractivity contribution in [3.05, 3.63) is 35.4 Å². The third-order valence-corrected chi connectivity index (χ3v) is 3.86. The number of nitrogens with one attached hydrogen (secondary N) is 1. The molecule has 130 valence electrons. The summed E-state index contributed by atoms with van der Waals surface area (Å²) < 4.78 is 38.5. The minimum Gasteiger partial charge on any atom is -0.352 e. The lowest BCUT2D eigenvalue weighted by atomic mass is 10.1. The Hall–Kier alpha value is -1.27. The molecule has 1 N–H and O–H groups in total. The number of carbonyl (C=O) groups is 1. The van der Waals surface area contributed by atoms with E-state index in [9.17, 15) is 18.0 Å². The van der Waals surface area contributed by atoms with Crippen molar-refractivity contribution in [1.82, 2.24) is 10.2 Å². The van der Waals surface area contributed by atoms with Gasteiger partial charge in [0.1, 0.15) is 0 Å². The number of amides is 1.